The van der Waals surface area contributed by atoms with Crippen molar-refractivity contribution in [2.45, 2.75) is 6.61 Å². The van der Waals surface area contributed by atoms with Crippen molar-refractivity contribution in [1.29, 1.82) is 0 Å². The molecule has 2 rings (SSSR count). The minimum absolute atomic E-state index is 0.186. The molecule has 0 saturated carbocycles. The van der Waals surface area contributed by atoms with Crippen molar-refractivity contribution in [2.24, 2.45) is 0 Å². The highest BCUT2D eigenvalue weighted by Gasteiger charge is 2.06. The summed E-state index contributed by atoms with van der Waals surface area (Å²) in [6, 6.07) is 9.74. The smallest absolute Gasteiger partial charge is 0.166 e. The summed E-state index contributed by atoms with van der Waals surface area (Å²) in [7, 11) is 0. The van der Waals surface area contributed by atoms with E-state index in [-0.39, 0.29) is 12.4 Å². The predicted molar refractivity (Wildman–Crippen MR) is 74.3 cm³/mol. The van der Waals surface area contributed by atoms with Gasteiger partial charge in [0.1, 0.15) is 6.61 Å². The summed E-state index contributed by atoms with van der Waals surface area (Å²) in [5, 5.41) is 0.507. The molecule has 0 atom stereocenters. The number of benzene rings is 2. The Hall–Kier alpha value is -1.26. The fourth-order valence-electron chi connectivity index (χ4n) is 1.43. The van der Waals surface area contributed by atoms with Gasteiger partial charge in [0, 0.05) is 20.7 Å². The average molecular weight is 331 g/mol. The first-order chi connectivity index (χ1) is 8.56. The van der Waals surface area contributed by atoms with Gasteiger partial charge in [-0.1, -0.05) is 33.6 Å². The van der Waals surface area contributed by atoms with Crippen molar-refractivity contribution >= 4 is 33.2 Å². The van der Waals surface area contributed by atoms with Crippen LogP contribution in [0.2, 0.25) is 5.02 Å². The number of nitrogens with two attached hydrogens (primary N) is 1. The van der Waals surface area contributed by atoms with Crippen LogP contribution in [0, 0.1) is 5.82 Å². The van der Waals surface area contributed by atoms with Gasteiger partial charge < -0.3 is 10.5 Å². The van der Waals surface area contributed by atoms with Crippen molar-refractivity contribution in [3.8, 4) is 5.75 Å². The Morgan fingerprint density at radius 1 is 1.22 bits per heavy atom. The van der Waals surface area contributed by atoms with Crippen LogP contribution in [0.5, 0.6) is 5.75 Å². The second-order valence-corrected chi connectivity index (χ2v) is 5.04. The van der Waals surface area contributed by atoms with E-state index in [1.807, 2.05) is 0 Å². The molecular formula is C13H10BrClFNO. The normalized spacial score (nSPS) is 10.4. The van der Waals surface area contributed by atoms with E-state index < -0.39 is 5.82 Å². The number of rotatable bonds is 3. The molecule has 0 radical (unpaired) electrons. The molecule has 0 saturated heterocycles. The molecule has 18 heavy (non-hydrogen) atoms. The third-order valence-corrected chi connectivity index (χ3v) is 3.20. The Kier molecular flexibility index (Phi) is 4.09. The number of anilines is 1. The fourth-order valence-corrected chi connectivity index (χ4v) is 2.01. The summed E-state index contributed by atoms with van der Waals surface area (Å²) in [6.45, 7) is 0.192. The topological polar surface area (TPSA) is 35.2 Å². The van der Waals surface area contributed by atoms with Crippen LogP contribution in [0.4, 0.5) is 10.1 Å². The summed E-state index contributed by atoms with van der Waals surface area (Å²) in [4.78, 5) is 0. The average Bonchev–Trinajstić information content (AvgIpc) is 2.30. The molecule has 0 spiro atoms. The van der Waals surface area contributed by atoms with Crippen LogP contribution >= 0.6 is 27.5 Å². The first-order valence-electron chi connectivity index (χ1n) is 5.18. The lowest BCUT2D eigenvalue weighted by molar-refractivity contribution is 0.290. The zero-order valence-corrected chi connectivity index (χ0v) is 11.6. The van der Waals surface area contributed by atoms with Gasteiger partial charge in [0.2, 0.25) is 0 Å². The van der Waals surface area contributed by atoms with Gasteiger partial charge >= 0.3 is 0 Å². The van der Waals surface area contributed by atoms with Crippen LogP contribution in [-0.2, 0) is 6.61 Å². The number of ether oxygens (including phenoxy) is 1. The van der Waals surface area contributed by atoms with Gasteiger partial charge in [0.15, 0.2) is 11.6 Å². The molecule has 5 heteroatoms. The molecule has 2 nitrogen and oxygen atoms in total. The second-order valence-electron chi connectivity index (χ2n) is 3.71. The van der Waals surface area contributed by atoms with Crippen LogP contribution < -0.4 is 10.5 Å². The van der Waals surface area contributed by atoms with E-state index in [1.165, 1.54) is 6.07 Å². The van der Waals surface area contributed by atoms with Crippen molar-refractivity contribution in [3.05, 3.63) is 57.3 Å². The maximum absolute atomic E-state index is 13.5. The Labute approximate surface area is 118 Å². The molecule has 94 valence electrons. The highest BCUT2D eigenvalue weighted by atomic mass is 79.9. The van der Waals surface area contributed by atoms with Gasteiger partial charge in [-0.3, -0.25) is 0 Å². The van der Waals surface area contributed by atoms with Gasteiger partial charge in [-0.2, -0.15) is 0 Å². The van der Waals surface area contributed by atoms with Gasteiger partial charge in [-0.05, 0) is 30.3 Å². The molecule has 0 fully saturated rings. The molecular weight excluding hydrogens is 321 g/mol. The standard InChI is InChI=1S/C13H10BrClFNO/c14-9-2-4-13(12(16)5-9)18-7-8-1-3-10(17)6-11(8)15/h1-6H,7,17H2. The lowest BCUT2D eigenvalue weighted by Gasteiger charge is -2.09. The monoisotopic (exact) mass is 329 g/mol. The number of hydrogen-bond donors (Lipinski definition) is 1. The summed E-state index contributed by atoms with van der Waals surface area (Å²) in [6.07, 6.45) is 0. The third kappa shape index (κ3) is 3.15. The lowest BCUT2D eigenvalue weighted by Crippen LogP contribution is -1.99. The summed E-state index contributed by atoms with van der Waals surface area (Å²) >= 11 is 9.18. The van der Waals surface area contributed by atoms with E-state index in [0.717, 1.165) is 5.56 Å². The molecule has 0 aliphatic rings. The van der Waals surface area contributed by atoms with Crippen molar-refractivity contribution in [1.82, 2.24) is 0 Å². The molecule has 2 aromatic rings. The first-order valence-corrected chi connectivity index (χ1v) is 6.35. The fraction of sp³-hybridized carbons (Fsp3) is 0.0769. The molecule has 0 aliphatic carbocycles. The summed E-state index contributed by atoms with van der Waals surface area (Å²) < 4.78 is 19.6. The van der Waals surface area contributed by atoms with Crippen LogP contribution in [0.3, 0.4) is 0 Å². The highest BCUT2D eigenvalue weighted by molar-refractivity contribution is 9.10. The Morgan fingerprint density at radius 2 is 2.00 bits per heavy atom. The Morgan fingerprint density at radius 3 is 2.67 bits per heavy atom. The number of nitrogen functional groups attached to an aromatic ring is 1. The van der Waals surface area contributed by atoms with Gasteiger partial charge in [-0.15, -0.1) is 0 Å². The highest BCUT2D eigenvalue weighted by Crippen LogP contribution is 2.24. The second kappa shape index (κ2) is 5.59. The van der Waals surface area contributed by atoms with E-state index in [2.05, 4.69) is 15.9 Å². The van der Waals surface area contributed by atoms with E-state index in [0.29, 0.717) is 15.2 Å². The maximum Gasteiger partial charge on any atom is 0.166 e. The predicted octanol–water partition coefficient (Wildman–Crippen LogP) is 4.40. The quantitative estimate of drug-likeness (QED) is 0.846. The molecule has 0 unspecified atom stereocenters. The van der Waals surface area contributed by atoms with E-state index >= 15 is 0 Å². The van der Waals surface area contributed by atoms with Crippen LogP contribution in [0.1, 0.15) is 5.56 Å². The van der Waals surface area contributed by atoms with Crippen LogP contribution in [0.15, 0.2) is 40.9 Å². The molecule has 0 aromatic heterocycles. The van der Waals surface area contributed by atoms with Crippen LogP contribution in [0.25, 0.3) is 0 Å². The van der Waals surface area contributed by atoms with E-state index in [1.54, 1.807) is 30.3 Å². The molecule has 0 heterocycles. The zero-order valence-electron chi connectivity index (χ0n) is 9.29. The van der Waals surface area contributed by atoms with Gasteiger partial charge in [0.05, 0.1) is 0 Å². The van der Waals surface area contributed by atoms with Gasteiger partial charge in [0.25, 0.3) is 0 Å². The van der Waals surface area contributed by atoms with Crippen LogP contribution in [-0.4, -0.2) is 0 Å². The van der Waals surface area contributed by atoms with Gasteiger partial charge in [-0.25, -0.2) is 4.39 Å². The van der Waals surface area contributed by atoms with E-state index in [4.69, 9.17) is 22.1 Å². The first kappa shape index (κ1) is 13.2. The number of halogens is 3. The maximum atomic E-state index is 13.5. The minimum Gasteiger partial charge on any atom is -0.486 e. The molecule has 0 aliphatic heterocycles. The summed E-state index contributed by atoms with van der Waals surface area (Å²) in [5.74, 6) is -0.234. The number of hydrogen-bond acceptors (Lipinski definition) is 2. The molecule has 0 bridgehead atoms. The molecule has 2 N–H and O–H groups in total. The molecule has 0 amide bonds. The Bertz CT molecular complexity index is 525. The largest absolute Gasteiger partial charge is 0.486 e. The Balaban J connectivity index is 2.11. The van der Waals surface area contributed by atoms with Crippen molar-refractivity contribution in [2.75, 3.05) is 5.73 Å². The van der Waals surface area contributed by atoms with Crippen molar-refractivity contribution in [3.63, 3.8) is 0 Å². The summed E-state index contributed by atoms with van der Waals surface area (Å²) in [5.41, 5.74) is 6.92. The SMILES string of the molecule is Nc1ccc(COc2ccc(Br)cc2F)c(Cl)c1. The van der Waals surface area contributed by atoms with E-state index in [9.17, 15) is 4.39 Å². The zero-order chi connectivity index (χ0) is 13.1. The molecule has 2 aromatic carbocycles. The third-order valence-electron chi connectivity index (χ3n) is 2.35. The van der Waals surface area contributed by atoms with Crippen molar-refractivity contribution < 1.29 is 9.13 Å². The lowest BCUT2D eigenvalue weighted by atomic mass is 10.2. The minimum atomic E-state index is -0.420.